The van der Waals surface area contributed by atoms with Crippen LogP contribution in [0.5, 0.6) is 0 Å². The van der Waals surface area contributed by atoms with Gasteiger partial charge in [-0.15, -0.1) is 0 Å². The van der Waals surface area contributed by atoms with Crippen LogP contribution in [0.3, 0.4) is 0 Å². The third-order valence-electron chi connectivity index (χ3n) is 2.96. The van der Waals surface area contributed by atoms with Crippen molar-refractivity contribution in [1.82, 2.24) is 0 Å². The van der Waals surface area contributed by atoms with Crippen LogP contribution in [0.1, 0.15) is 51.7 Å². The number of hydrogen-bond acceptors (Lipinski definition) is 2. The molecule has 0 aliphatic heterocycles. The van der Waals surface area contributed by atoms with Crippen LogP contribution < -0.4 is 0 Å². The zero-order chi connectivity index (χ0) is 14.8. The van der Waals surface area contributed by atoms with Gasteiger partial charge in [0.25, 0.3) is 0 Å². The van der Waals surface area contributed by atoms with E-state index in [0.717, 1.165) is 37.2 Å². The molecule has 1 rings (SSSR count). The van der Waals surface area contributed by atoms with Crippen LogP contribution in [0.2, 0.25) is 0 Å². The van der Waals surface area contributed by atoms with Crippen LogP contribution in [0, 0.1) is 0 Å². The molecule has 0 heterocycles. The molecule has 0 N–H and O–H groups in total. The molecule has 0 fully saturated rings. The van der Waals surface area contributed by atoms with Crippen LogP contribution in [-0.2, 0) is 9.47 Å². The zero-order valence-corrected chi connectivity index (χ0v) is 13.1. The summed E-state index contributed by atoms with van der Waals surface area (Å²) in [5, 5.41) is 0. The van der Waals surface area contributed by atoms with Crippen molar-refractivity contribution in [2.24, 2.45) is 0 Å². The standard InChI is InChI=1S/C18H26O2/c1-5-11-19-13-15(3)17-7-9-18(10-8-17)16(4)14-20-12-6-2/h7-10,13-14H,5-6,11-12H2,1-4H3/b15-13+,16-14+. The summed E-state index contributed by atoms with van der Waals surface area (Å²) in [6, 6.07) is 8.47. The van der Waals surface area contributed by atoms with Crippen LogP contribution in [-0.4, -0.2) is 13.2 Å². The Hall–Kier alpha value is -1.70. The minimum Gasteiger partial charge on any atom is -0.501 e. The van der Waals surface area contributed by atoms with Gasteiger partial charge >= 0.3 is 0 Å². The molecule has 0 saturated carbocycles. The average molecular weight is 274 g/mol. The Balaban J connectivity index is 2.68. The van der Waals surface area contributed by atoms with Crippen LogP contribution >= 0.6 is 0 Å². The van der Waals surface area contributed by atoms with E-state index in [-0.39, 0.29) is 0 Å². The summed E-state index contributed by atoms with van der Waals surface area (Å²) in [4.78, 5) is 0. The SMILES string of the molecule is CCCO/C=C(\C)c1ccc(/C(C)=C/OCCC)cc1. The van der Waals surface area contributed by atoms with E-state index in [0.29, 0.717) is 0 Å². The Labute approximate surface area is 123 Å². The predicted molar refractivity (Wildman–Crippen MR) is 86.2 cm³/mol. The number of hydrogen-bond donors (Lipinski definition) is 0. The van der Waals surface area contributed by atoms with Gasteiger partial charge in [0.2, 0.25) is 0 Å². The molecule has 0 aromatic heterocycles. The summed E-state index contributed by atoms with van der Waals surface area (Å²) in [5.41, 5.74) is 4.67. The largest absolute Gasteiger partial charge is 0.501 e. The minimum atomic E-state index is 0.770. The molecule has 0 saturated heterocycles. The molecule has 0 amide bonds. The van der Waals surface area contributed by atoms with E-state index in [9.17, 15) is 0 Å². The smallest absolute Gasteiger partial charge is 0.0870 e. The Morgan fingerprint density at radius 2 is 1.15 bits per heavy atom. The first-order valence-corrected chi connectivity index (χ1v) is 7.36. The zero-order valence-electron chi connectivity index (χ0n) is 13.1. The van der Waals surface area contributed by atoms with Crippen LogP contribution in [0.15, 0.2) is 36.8 Å². The van der Waals surface area contributed by atoms with E-state index in [1.165, 1.54) is 11.1 Å². The topological polar surface area (TPSA) is 18.5 Å². The average Bonchev–Trinajstić information content (AvgIpc) is 2.47. The maximum atomic E-state index is 5.45. The van der Waals surface area contributed by atoms with Crippen molar-refractivity contribution >= 4 is 11.1 Å². The number of ether oxygens (including phenoxy) is 2. The van der Waals surface area contributed by atoms with E-state index < -0.39 is 0 Å². The highest BCUT2D eigenvalue weighted by molar-refractivity contribution is 5.68. The van der Waals surface area contributed by atoms with Gasteiger partial charge in [-0.25, -0.2) is 0 Å². The molecule has 2 heteroatoms. The Bertz CT molecular complexity index is 398. The van der Waals surface area contributed by atoms with Crippen molar-refractivity contribution in [3.05, 3.63) is 47.9 Å². The fraction of sp³-hybridized carbons (Fsp3) is 0.444. The van der Waals surface area contributed by atoms with Crippen LogP contribution in [0.25, 0.3) is 11.1 Å². The van der Waals surface area contributed by atoms with Gasteiger partial charge in [-0.05, 0) is 49.0 Å². The molecule has 0 aliphatic rings. The third-order valence-corrected chi connectivity index (χ3v) is 2.96. The maximum Gasteiger partial charge on any atom is 0.0870 e. The fourth-order valence-corrected chi connectivity index (χ4v) is 1.74. The van der Waals surface area contributed by atoms with E-state index in [2.05, 4.69) is 52.0 Å². The molecule has 0 radical (unpaired) electrons. The summed E-state index contributed by atoms with van der Waals surface area (Å²) >= 11 is 0. The molecule has 1 aromatic carbocycles. The van der Waals surface area contributed by atoms with Crippen molar-refractivity contribution in [3.8, 4) is 0 Å². The quantitative estimate of drug-likeness (QED) is 0.475. The second-order valence-corrected chi connectivity index (χ2v) is 4.92. The third kappa shape index (κ3) is 5.52. The van der Waals surface area contributed by atoms with Gasteiger partial charge in [-0.2, -0.15) is 0 Å². The van der Waals surface area contributed by atoms with Crippen molar-refractivity contribution in [3.63, 3.8) is 0 Å². The summed E-state index contributed by atoms with van der Waals surface area (Å²) in [6.45, 7) is 9.88. The Morgan fingerprint density at radius 1 is 0.800 bits per heavy atom. The van der Waals surface area contributed by atoms with Gasteiger partial charge in [0.05, 0.1) is 25.7 Å². The molecule has 1 aromatic rings. The van der Waals surface area contributed by atoms with Crippen LogP contribution in [0.4, 0.5) is 0 Å². The monoisotopic (exact) mass is 274 g/mol. The van der Waals surface area contributed by atoms with Gasteiger partial charge in [0, 0.05) is 0 Å². The fourth-order valence-electron chi connectivity index (χ4n) is 1.74. The van der Waals surface area contributed by atoms with Gasteiger partial charge in [0.15, 0.2) is 0 Å². The summed E-state index contributed by atoms with van der Waals surface area (Å²) in [5.74, 6) is 0. The lowest BCUT2D eigenvalue weighted by Gasteiger charge is -2.06. The predicted octanol–water partition coefficient (Wildman–Crippen LogP) is 5.26. The highest BCUT2D eigenvalue weighted by Gasteiger charge is 1.99. The lowest BCUT2D eigenvalue weighted by Crippen LogP contribution is -1.88. The van der Waals surface area contributed by atoms with E-state index >= 15 is 0 Å². The van der Waals surface area contributed by atoms with E-state index in [1.54, 1.807) is 0 Å². The van der Waals surface area contributed by atoms with Crippen molar-refractivity contribution in [2.75, 3.05) is 13.2 Å². The minimum absolute atomic E-state index is 0.770. The highest BCUT2D eigenvalue weighted by Crippen LogP contribution is 2.19. The van der Waals surface area contributed by atoms with Crippen molar-refractivity contribution in [2.45, 2.75) is 40.5 Å². The molecule has 0 aliphatic carbocycles. The highest BCUT2D eigenvalue weighted by atomic mass is 16.5. The van der Waals surface area contributed by atoms with Gasteiger partial charge in [-0.1, -0.05) is 38.1 Å². The molecule has 0 bridgehead atoms. The lowest BCUT2D eigenvalue weighted by atomic mass is 10.0. The first-order chi connectivity index (χ1) is 9.69. The Kier molecular flexibility index (Phi) is 7.56. The normalized spacial score (nSPS) is 12.4. The van der Waals surface area contributed by atoms with Gasteiger partial charge < -0.3 is 9.47 Å². The second kappa shape index (κ2) is 9.24. The summed E-state index contributed by atoms with van der Waals surface area (Å²) in [7, 11) is 0. The number of allylic oxidation sites excluding steroid dienone is 2. The van der Waals surface area contributed by atoms with Crippen molar-refractivity contribution < 1.29 is 9.47 Å². The molecule has 20 heavy (non-hydrogen) atoms. The number of rotatable bonds is 8. The first kappa shape index (κ1) is 16.4. The first-order valence-electron chi connectivity index (χ1n) is 7.36. The number of benzene rings is 1. The molecule has 2 nitrogen and oxygen atoms in total. The summed E-state index contributed by atoms with van der Waals surface area (Å²) in [6.07, 6.45) is 5.74. The molecule has 110 valence electrons. The lowest BCUT2D eigenvalue weighted by molar-refractivity contribution is 0.251. The molecular formula is C18H26O2. The molecule has 0 unspecified atom stereocenters. The summed E-state index contributed by atoms with van der Waals surface area (Å²) < 4.78 is 10.9. The molecule has 0 atom stereocenters. The van der Waals surface area contributed by atoms with E-state index in [4.69, 9.17) is 9.47 Å². The molecular weight excluding hydrogens is 248 g/mol. The second-order valence-electron chi connectivity index (χ2n) is 4.92. The Morgan fingerprint density at radius 3 is 1.45 bits per heavy atom. The van der Waals surface area contributed by atoms with Crippen molar-refractivity contribution in [1.29, 1.82) is 0 Å². The van der Waals surface area contributed by atoms with Gasteiger partial charge in [0.1, 0.15) is 0 Å². The maximum absolute atomic E-state index is 5.45. The van der Waals surface area contributed by atoms with Gasteiger partial charge in [-0.3, -0.25) is 0 Å². The molecule has 0 spiro atoms. The van der Waals surface area contributed by atoms with E-state index in [1.807, 2.05) is 12.5 Å².